The van der Waals surface area contributed by atoms with Gasteiger partial charge in [0.15, 0.2) is 0 Å². The van der Waals surface area contributed by atoms with Gasteiger partial charge in [0.05, 0.1) is 17.2 Å². The van der Waals surface area contributed by atoms with Crippen LogP contribution < -0.4 is 10.6 Å². The minimum Gasteiger partial charge on any atom is -0.378 e. The molecule has 18 heavy (non-hydrogen) atoms. The predicted molar refractivity (Wildman–Crippen MR) is 66.3 cm³/mol. The van der Waals surface area contributed by atoms with E-state index >= 15 is 0 Å². The zero-order valence-corrected chi connectivity index (χ0v) is 10.6. The van der Waals surface area contributed by atoms with Gasteiger partial charge in [0.25, 0.3) is 5.91 Å². The minimum atomic E-state index is -0.600. The first-order valence-electron chi connectivity index (χ1n) is 5.61. The van der Waals surface area contributed by atoms with Crippen LogP contribution in [0.5, 0.6) is 0 Å². The second-order valence-corrected chi connectivity index (χ2v) is 4.55. The molecule has 2 atom stereocenters. The van der Waals surface area contributed by atoms with Gasteiger partial charge in [-0.3, -0.25) is 4.79 Å². The maximum Gasteiger partial charge on any atom is 0.251 e. The van der Waals surface area contributed by atoms with Crippen LogP contribution in [0.2, 0.25) is 5.02 Å². The lowest BCUT2D eigenvalue weighted by Crippen LogP contribution is -2.43. The van der Waals surface area contributed by atoms with Gasteiger partial charge >= 0.3 is 0 Å². The van der Waals surface area contributed by atoms with Gasteiger partial charge in [-0.15, -0.1) is 0 Å². The Morgan fingerprint density at radius 1 is 1.56 bits per heavy atom. The van der Waals surface area contributed by atoms with E-state index in [-0.39, 0.29) is 28.6 Å². The minimum absolute atomic E-state index is 0.00357. The number of nitrogens with one attached hydrogen (secondary N) is 2. The molecule has 1 aliphatic rings. The van der Waals surface area contributed by atoms with Crippen LogP contribution in [-0.2, 0) is 4.74 Å². The van der Waals surface area contributed by atoms with Crippen molar-refractivity contribution in [2.45, 2.75) is 12.1 Å². The Bertz CT molecular complexity index is 456. The normalized spacial score (nSPS) is 23.1. The van der Waals surface area contributed by atoms with Crippen LogP contribution in [-0.4, -0.2) is 38.3 Å². The molecule has 98 valence electrons. The van der Waals surface area contributed by atoms with Gasteiger partial charge in [0, 0.05) is 25.8 Å². The van der Waals surface area contributed by atoms with Crippen LogP contribution in [0.25, 0.3) is 0 Å². The number of carbonyl (C=O) groups is 1. The highest BCUT2D eigenvalue weighted by molar-refractivity contribution is 6.30. The Morgan fingerprint density at radius 3 is 3.00 bits per heavy atom. The van der Waals surface area contributed by atoms with Crippen molar-refractivity contribution in [1.29, 1.82) is 0 Å². The number of carbonyl (C=O) groups excluding carboxylic acids is 1. The smallest absolute Gasteiger partial charge is 0.251 e. The summed E-state index contributed by atoms with van der Waals surface area (Å²) in [6, 6.07) is 3.88. The summed E-state index contributed by atoms with van der Waals surface area (Å²) < 4.78 is 18.5. The van der Waals surface area contributed by atoms with Crippen molar-refractivity contribution in [3.8, 4) is 0 Å². The summed E-state index contributed by atoms with van der Waals surface area (Å²) in [7, 11) is 1.60. The standard InChI is InChI=1S/C12H14ClFN2O2/c1-18-11-6-15-5-10(11)16-12(17)7-2-3-8(13)9(14)4-7/h2-4,10-11,15H,5-6H2,1H3,(H,16,17)/t10?,11-/m0/s1. The van der Waals surface area contributed by atoms with Gasteiger partial charge in [-0.1, -0.05) is 11.6 Å². The molecule has 0 aliphatic carbocycles. The molecule has 4 nitrogen and oxygen atoms in total. The van der Waals surface area contributed by atoms with Crippen LogP contribution in [0.1, 0.15) is 10.4 Å². The fourth-order valence-corrected chi connectivity index (χ4v) is 2.05. The van der Waals surface area contributed by atoms with Crippen molar-refractivity contribution in [2.24, 2.45) is 0 Å². The number of ether oxygens (including phenoxy) is 1. The van der Waals surface area contributed by atoms with Crippen LogP contribution >= 0.6 is 11.6 Å². The lowest BCUT2D eigenvalue weighted by Gasteiger charge is -2.18. The molecule has 1 aromatic carbocycles. The Morgan fingerprint density at radius 2 is 2.33 bits per heavy atom. The molecular formula is C12H14ClFN2O2. The third-order valence-corrected chi connectivity index (χ3v) is 3.27. The molecule has 1 unspecified atom stereocenters. The molecule has 0 saturated carbocycles. The Labute approximate surface area is 109 Å². The van der Waals surface area contributed by atoms with Gasteiger partial charge in [-0.25, -0.2) is 4.39 Å². The van der Waals surface area contributed by atoms with Crippen molar-refractivity contribution in [3.63, 3.8) is 0 Å². The van der Waals surface area contributed by atoms with Crippen LogP contribution in [0.4, 0.5) is 4.39 Å². The first kappa shape index (κ1) is 13.3. The first-order valence-corrected chi connectivity index (χ1v) is 5.99. The van der Waals surface area contributed by atoms with Gasteiger partial charge in [-0.05, 0) is 18.2 Å². The van der Waals surface area contributed by atoms with Crippen molar-refractivity contribution in [3.05, 3.63) is 34.6 Å². The molecule has 2 N–H and O–H groups in total. The van der Waals surface area contributed by atoms with E-state index in [9.17, 15) is 9.18 Å². The summed E-state index contributed by atoms with van der Waals surface area (Å²) in [5, 5.41) is 5.93. The average Bonchev–Trinajstić information content (AvgIpc) is 2.79. The van der Waals surface area contributed by atoms with E-state index in [1.807, 2.05) is 0 Å². The second kappa shape index (κ2) is 5.65. The molecule has 1 aliphatic heterocycles. The van der Waals surface area contributed by atoms with E-state index in [0.29, 0.717) is 13.1 Å². The number of amides is 1. The maximum absolute atomic E-state index is 13.2. The van der Waals surface area contributed by atoms with E-state index < -0.39 is 5.82 Å². The van der Waals surface area contributed by atoms with Crippen LogP contribution in [0.3, 0.4) is 0 Å². The lowest BCUT2D eigenvalue weighted by atomic mass is 10.1. The number of hydrogen-bond acceptors (Lipinski definition) is 3. The highest BCUT2D eigenvalue weighted by Crippen LogP contribution is 2.16. The second-order valence-electron chi connectivity index (χ2n) is 4.14. The van der Waals surface area contributed by atoms with Gasteiger partial charge in [0.2, 0.25) is 0 Å². The average molecular weight is 273 g/mol. The quantitative estimate of drug-likeness (QED) is 0.869. The fourth-order valence-electron chi connectivity index (χ4n) is 1.94. The monoisotopic (exact) mass is 272 g/mol. The molecule has 0 bridgehead atoms. The molecule has 1 heterocycles. The largest absolute Gasteiger partial charge is 0.378 e. The van der Waals surface area contributed by atoms with Gasteiger partial charge in [-0.2, -0.15) is 0 Å². The molecule has 1 fully saturated rings. The van der Waals surface area contributed by atoms with Crippen molar-refractivity contribution < 1.29 is 13.9 Å². The van der Waals surface area contributed by atoms with Gasteiger partial charge in [0.1, 0.15) is 5.82 Å². The van der Waals surface area contributed by atoms with Crippen molar-refractivity contribution in [1.82, 2.24) is 10.6 Å². The number of benzene rings is 1. The summed E-state index contributed by atoms with van der Waals surface area (Å²) in [5.74, 6) is -0.932. The predicted octanol–water partition coefficient (Wildman–Crippen LogP) is 1.20. The van der Waals surface area contributed by atoms with E-state index in [1.54, 1.807) is 7.11 Å². The summed E-state index contributed by atoms with van der Waals surface area (Å²) in [6.45, 7) is 1.33. The Kier molecular flexibility index (Phi) is 4.16. The fraction of sp³-hybridized carbons (Fsp3) is 0.417. The first-order chi connectivity index (χ1) is 8.61. The van der Waals surface area contributed by atoms with E-state index in [4.69, 9.17) is 16.3 Å². The molecule has 0 radical (unpaired) electrons. The molecule has 2 rings (SSSR count). The number of rotatable bonds is 3. The van der Waals surface area contributed by atoms with Gasteiger partial charge < -0.3 is 15.4 Å². The molecule has 6 heteroatoms. The summed E-state index contributed by atoms with van der Waals surface area (Å²) in [4.78, 5) is 11.9. The number of halogens is 2. The molecule has 0 aromatic heterocycles. The van der Waals surface area contributed by atoms with Crippen molar-refractivity contribution >= 4 is 17.5 Å². The van der Waals surface area contributed by atoms with Crippen LogP contribution in [0.15, 0.2) is 18.2 Å². The maximum atomic E-state index is 13.2. The third kappa shape index (κ3) is 2.80. The molecular weight excluding hydrogens is 259 g/mol. The summed E-state index contributed by atoms with van der Waals surface area (Å²) >= 11 is 5.56. The Hall–Kier alpha value is -1.17. The zero-order chi connectivity index (χ0) is 13.1. The summed E-state index contributed by atoms with van der Waals surface area (Å²) in [5.41, 5.74) is 0.249. The topological polar surface area (TPSA) is 50.4 Å². The number of hydrogen-bond donors (Lipinski definition) is 2. The highest BCUT2D eigenvalue weighted by atomic mass is 35.5. The van der Waals surface area contributed by atoms with E-state index in [0.717, 1.165) is 6.07 Å². The SMILES string of the molecule is CO[C@H]1CNCC1NC(=O)c1ccc(Cl)c(F)c1. The molecule has 1 saturated heterocycles. The van der Waals surface area contributed by atoms with E-state index in [1.165, 1.54) is 12.1 Å². The number of methoxy groups -OCH3 is 1. The molecule has 1 amide bonds. The van der Waals surface area contributed by atoms with Crippen molar-refractivity contribution in [2.75, 3.05) is 20.2 Å². The molecule has 0 spiro atoms. The van der Waals surface area contributed by atoms with Crippen LogP contribution in [0, 0.1) is 5.82 Å². The third-order valence-electron chi connectivity index (χ3n) is 2.96. The van der Waals surface area contributed by atoms with E-state index in [2.05, 4.69) is 10.6 Å². The highest BCUT2D eigenvalue weighted by Gasteiger charge is 2.28. The lowest BCUT2D eigenvalue weighted by molar-refractivity contribution is 0.0779. The zero-order valence-electron chi connectivity index (χ0n) is 9.87. The Balaban J connectivity index is 2.05. The molecule has 1 aromatic rings. The summed E-state index contributed by atoms with van der Waals surface area (Å²) in [6.07, 6.45) is -0.0638.